The number of hydrogen-bond acceptors (Lipinski definition) is 9. The van der Waals surface area contributed by atoms with Gasteiger partial charge in [0.2, 0.25) is 5.82 Å². The Morgan fingerprint density at radius 3 is 2.43 bits per heavy atom. The Balaban J connectivity index is 1.51. The van der Waals surface area contributed by atoms with Gasteiger partial charge in [-0.15, -0.1) is 0 Å². The SMILES string of the molecule is CN1CCCC1CCN(Cc1ccc(-c2noc(=O)n2OC(=O)C(F)(F)F)c(C(F)(F)F)c1)c1nc2ccc(C(F)(F)F)cc2s1. The number of aromatic nitrogens is 3. The van der Waals surface area contributed by atoms with E-state index in [1.165, 1.54) is 12.1 Å². The van der Waals surface area contributed by atoms with E-state index in [2.05, 4.69) is 24.4 Å². The van der Waals surface area contributed by atoms with Gasteiger partial charge in [0.1, 0.15) is 0 Å². The third-order valence-corrected chi connectivity index (χ3v) is 8.44. The van der Waals surface area contributed by atoms with E-state index in [0.29, 0.717) is 12.5 Å². The van der Waals surface area contributed by atoms with Crippen LogP contribution in [0.5, 0.6) is 0 Å². The number of anilines is 1. The van der Waals surface area contributed by atoms with Crippen molar-refractivity contribution in [2.75, 3.05) is 25.0 Å². The van der Waals surface area contributed by atoms with Crippen molar-refractivity contribution in [3.05, 3.63) is 63.6 Å². The molecule has 0 spiro atoms. The first-order valence-corrected chi connectivity index (χ1v) is 14.2. The minimum Gasteiger partial charge on any atom is -0.344 e. The lowest BCUT2D eigenvalue weighted by Gasteiger charge is -2.26. The van der Waals surface area contributed by atoms with Crippen LogP contribution in [0.3, 0.4) is 0 Å². The number of likely N-dealkylation sites (tertiary alicyclic amines) is 1. The van der Waals surface area contributed by atoms with Gasteiger partial charge in [-0.05, 0) is 62.7 Å². The zero-order valence-corrected chi connectivity index (χ0v) is 24.3. The Kier molecular flexibility index (Phi) is 8.84. The maximum atomic E-state index is 14.3. The van der Waals surface area contributed by atoms with Crippen LogP contribution in [0, 0.1) is 0 Å². The minimum absolute atomic E-state index is 0.0377. The fraction of sp³-hybridized carbons (Fsp3) is 0.407. The molecule has 0 saturated carbocycles. The molecule has 1 atom stereocenters. The second-order valence-electron chi connectivity index (χ2n) is 10.5. The summed E-state index contributed by atoms with van der Waals surface area (Å²) in [6.45, 7) is 0.939. The summed E-state index contributed by atoms with van der Waals surface area (Å²) in [7, 11) is 1.93. The van der Waals surface area contributed by atoms with Gasteiger partial charge in [-0.3, -0.25) is 4.52 Å². The third-order valence-electron chi connectivity index (χ3n) is 7.36. The Morgan fingerprint density at radius 2 is 1.80 bits per heavy atom. The van der Waals surface area contributed by atoms with E-state index < -0.39 is 57.5 Å². The summed E-state index contributed by atoms with van der Waals surface area (Å²) in [6, 6.07) is 5.87. The second kappa shape index (κ2) is 12.2. The molecule has 1 unspecified atom stereocenters. The number of carbonyl (C=O) groups is 1. The van der Waals surface area contributed by atoms with Gasteiger partial charge < -0.3 is 14.6 Å². The van der Waals surface area contributed by atoms with Crippen LogP contribution in [-0.4, -0.2) is 58.1 Å². The molecule has 46 heavy (non-hydrogen) atoms. The van der Waals surface area contributed by atoms with E-state index >= 15 is 0 Å². The van der Waals surface area contributed by atoms with Gasteiger partial charge in [-0.1, -0.05) is 33.4 Å². The Morgan fingerprint density at radius 1 is 1.07 bits per heavy atom. The lowest BCUT2D eigenvalue weighted by molar-refractivity contribution is -0.200. The standard InChI is InChI=1S/C27H22F9N5O4S/c1-39-9-2-3-16(39)8-10-40(23-37-19-7-5-15(25(28,29)30)12-20(19)46-23)13-14-4-6-17(18(11-14)26(31,32)33)21-38-44-24(43)41(21)45-22(42)27(34,35)36/h4-7,11-12,16H,2-3,8-10,13H2,1H3. The van der Waals surface area contributed by atoms with Crippen molar-refractivity contribution in [3.63, 3.8) is 0 Å². The normalized spacial score (nSPS) is 16.3. The molecule has 2 aromatic heterocycles. The number of thiazole rings is 1. The van der Waals surface area contributed by atoms with Crippen LogP contribution >= 0.6 is 11.3 Å². The molecule has 1 fully saturated rings. The van der Waals surface area contributed by atoms with E-state index in [4.69, 9.17) is 0 Å². The summed E-state index contributed by atoms with van der Waals surface area (Å²) in [6.07, 6.45) is -12.9. The summed E-state index contributed by atoms with van der Waals surface area (Å²) in [5, 5.41) is 3.35. The molecule has 0 amide bonds. The maximum absolute atomic E-state index is 14.3. The molecular formula is C27H22F9N5O4S. The van der Waals surface area contributed by atoms with Crippen molar-refractivity contribution in [1.82, 2.24) is 19.8 Å². The second-order valence-corrected chi connectivity index (χ2v) is 11.5. The molecule has 5 rings (SSSR count). The zero-order chi connectivity index (χ0) is 33.6. The fourth-order valence-corrected chi connectivity index (χ4v) is 6.10. The van der Waals surface area contributed by atoms with E-state index in [0.717, 1.165) is 48.9 Å². The summed E-state index contributed by atoms with van der Waals surface area (Å²) < 4.78 is 125. The summed E-state index contributed by atoms with van der Waals surface area (Å²) in [5.74, 6) is -5.82. The highest BCUT2D eigenvalue weighted by Crippen LogP contribution is 2.39. The molecule has 0 bridgehead atoms. The van der Waals surface area contributed by atoms with Gasteiger partial charge in [0.05, 0.1) is 21.3 Å². The quantitative estimate of drug-likeness (QED) is 0.204. The number of alkyl halides is 9. The fourth-order valence-electron chi connectivity index (χ4n) is 5.07. The van der Waals surface area contributed by atoms with Crippen LogP contribution in [0.1, 0.15) is 36.0 Å². The van der Waals surface area contributed by atoms with Crippen LogP contribution in [0.2, 0.25) is 0 Å². The van der Waals surface area contributed by atoms with Crippen LogP contribution in [0.25, 0.3) is 21.6 Å². The molecule has 1 aliphatic heterocycles. The topological polar surface area (TPSA) is 93.7 Å². The first-order valence-electron chi connectivity index (χ1n) is 13.4. The highest BCUT2D eigenvalue weighted by Gasteiger charge is 2.43. The highest BCUT2D eigenvalue weighted by molar-refractivity contribution is 7.22. The lowest BCUT2D eigenvalue weighted by Crippen LogP contribution is -2.37. The summed E-state index contributed by atoms with van der Waals surface area (Å²) >= 11 is 0.938. The monoisotopic (exact) mass is 683 g/mol. The van der Waals surface area contributed by atoms with Crippen molar-refractivity contribution in [1.29, 1.82) is 0 Å². The van der Waals surface area contributed by atoms with E-state index in [-0.39, 0.29) is 40.0 Å². The number of hydrogen-bond donors (Lipinski definition) is 0. The largest absolute Gasteiger partial charge is 0.493 e. The molecule has 4 aromatic rings. The lowest BCUT2D eigenvalue weighted by atomic mass is 10.0. The van der Waals surface area contributed by atoms with Crippen LogP contribution < -0.4 is 15.5 Å². The number of nitrogens with zero attached hydrogens (tertiary/aromatic N) is 5. The molecule has 1 aliphatic rings. The van der Waals surface area contributed by atoms with Crippen molar-refractivity contribution in [3.8, 4) is 11.4 Å². The molecule has 0 N–H and O–H groups in total. The first-order chi connectivity index (χ1) is 21.4. The summed E-state index contributed by atoms with van der Waals surface area (Å²) in [5.41, 5.74) is -2.94. The van der Waals surface area contributed by atoms with Crippen molar-refractivity contribution in [2.24, 2.45) is 0 Å². The van der Waals surface area contributed by atoms with Crippen LogP contribution in [0.15, 0.2) is 45.7 Å². The molecule has 19 heteroatoms. The molecule has 3 heterocycles. The zero-order valence-electron chi connectivity index (χ0n) is 23.5. The smallest absolute Gasteiger partial charge is 0.344 e. The maximum Gasteiger partial charge on any atom is 0.493 e. The number of benzene rings is 2. The van der Waals surface area contributed by atoms with Gasteiger partial charge in [0.25, 0.3) is 0 Å². The molecule has 2 aromatic carbocycles. The highest BCUT2D eigenvalue weighted by atomic mass is 32.1. The molecule has 9 nitrogen and oxygen atoms in total. The van der Waals surface area contributed by atoms with Crippen molar-refractivity contribution < 1.29 is 53.7 Å². The molecule has 1 saturated heterocycles. The van der Waals surface area contributed by atoms with Gasteiger partial charge in [0, 0.05) is 24.7 Å². The number of carbonyl (C=O) groups excluding carboxylic acids is 1. The van der Waals surface area contributed by atoms with Gasteiger partial charge >= 0.3 is 30.3 Å². The van der Waals surface area contributed by atoms with Crippen molar-refractivity contribution >= 4 is 32.7 Å². The first kappa shape index (κ1) is 33.2. The third kappa shape index (κ3) is 7.14. The van der Waals surface area contributed by atoms with Crippen molar-refractivity contribution in [2.45, 2.75) is 50.4 Å². The van der Waals surface area contributed by atoms with Crippen LogP contribution in [-0.2, 0) is 23.7 Å². The molecule has 0 aliphatic carbocycles. The number of halogens is 9. The Bertz CT molecular complexity index is 1790. The molecular weight excluding hydrogens is 661 g/mol. The predicted octanol–water partition coefficient (Wildman–Crippen LogP) is 6.16. The van der Waals surface area contributed by atoms with Gasteiger partial charge in [0.15, 0.2) is 5.13 Å². The number of rotatable bonds is 8. The van der Waals surface area contributed by atoms with Gasteiger partial charge in [-0.25, -0.2) is 14.6 Å². The predicted molar refractivity (Wildman–Crippen MR) is 145 cm³/mol. The molecule has 248 valence electrons. The molecule has 0 radical (unpaired) electrons. The van der Waals surface area contributed by atoms with E-state index in [1.807, 2.05) is 7.05 Å². The Hall–Kier alpha value is -4.13. The average molecular weight is 684 g/mol. The summed E-state index contributed by atoms with van der Waals surface area (Å²) in [4.78, 5) is 35.3. The van der Waals surface area contributed by atoms with E-state index in [1.54, 1.807) is 4.90 Å². The van der Waals surface area contributed by atoms with Crippen LogP contribution in [0.4, 0.5) is 44.6 Å². The minimum atomic E-state index is -5.59. The average Bonchev–Trinajstić information content (AvgIpc) is 3.67. The van der Waals surface area contributed by atoms with E-state index in [9.17, 15) is 49.1 Å². The number of fused-ring (bicyclic) bond motifs is 1. The Labute approximate surface area is 256 Å². The van der Waals surface area contributed by atoms with Gasteiger partial charge in [-0.2, -0.15) is 39.5 Å².